The van der Waals surface area contributed by atoms with E-state index in [4.69, 9.17) is 4.74 Å². The molecule has 0 amide bonds. The maximum atomic E-state index is 5.19. The van der Waals surface area contributed by atoms with Crippen LogP contribution in [0.1, 0.15) is 20.3 Å². The highest BCUT2D eigenvalue weighted by Gasteiger charge is 2.03. The lowest BCUT2D eigenvalue weighted by molar-refractivity contribution is 0.0860. The molecule has 0 aliphatic rings. The number of hydrogen-bond donors (Lipinski definition) is 1. The molecule has 0 aromatic rings. The third-order valence-corrected chi connectivity index (χ3v) is 2.07. The van der Waals surface area contributed by atoms with E-state index in [0.717, 1.165) is 26.2 Å². The molecule has 0 heterocycles. The Morgan fingerprint density at radius 1 is 1.38 bits per heavy atom. The zero-order chi connectivity index (χ0) is 10.1. The summed E-state index contributed by atoms with van der Waals surface area (Å²) in [6, 6.07) is 0. The summed E-state index contributed by atoms with van der Waals surface area (Å²) in [7, 11) is 3.89. The van der Waals surface area contributed by atoms with Crippen LogP contribution in [0.15, 0.2) is 0 Å². The van der Waals surface area contributed by atoms with Gasteiger partial charge in [-0.3, -0.25) is 0 Å². The van der Waals surface area contributed by atoms with Crippen LogP contribution in [0.25, 0.3) is 0 Å². The first-order chi connectivity index (χ1) is 6.20. The quantitative estimate of drug-likeness (QED) is 0.574. The van der Waals surface area contributed by atoms with Crippen LogP contribution in [0.3, 0.4) is 0 Å². The minimum atomic E-state index is 0.330. The Labute approximate surface area is 82.4 Å². The van der Waals surface area contributed by atoms with Crippen LogP contribution in [0.4, 0.5) is 0 Å². The molecule has 3 nitrogen and oxygen atoms in total. The molecule has 13 heavy (non-hydrogen) atoms. The van der Waals surface area contributed by atoms with Gasteiger partial charge in [-0.2, -0.15) is 0 Å². The number of ether oxygens (including phenoxy) is 1. The first-order valence-corrected chi connectivity index (χ1v) is 5.12. The predicted molar refractivity (Wildman–Crippen MR) is 57.1 cm³/mol. The third kappa shape index (κ3) is 8.22. The van der Waals surface area contributed by atoms with E-state index in [1.165, 1.54) is 6.42 Å². The van der Waals surface area contributed by atoms with Crippen LogP contribution in [-0.4, -0.2) is 51.3 Å². The van der Waals surface area contributed by atoms with E-state index in [9.17, 15) is 0 Å². The highest BCUT2D eigenvalue weighted by molar-refractivity contribution is 4.59. The summed E-state index contributed by atoms with van der Waals surface area (Å²) in [6.07, 6.45) is 1.54. The van der Waals surface area contributed by atoms with E-state index in [0.29, 0.717) is 6.10 Å². The lowest BCUT2D eigenvalue weighted by Gasteiger charge is -2.20. The van der Waals surface area contributed by atoms with Gasteiger partial charge in [0, 0.05) is 26.7 Å². The number of hydrogen-bond acceptors (Lipinski definition) is 3. The molecule has 0 aliphatic carbocycles. The zero-order valence-electron chi connectivity index (χ0n) is 9.47. The normalized spacial score (nSPS) is 13.6. The molecule has 1 unspecified atom stereocenters. The van der Waals surface area contributed by atoms with Crippen LogP contribution in [0.5, 0.6) is 0 Å². The maximum absolute atomic E-state index is 5.19. The molecule has 0 saturated carbocycles. The Morgan fingerprint density at radius 3 is 2.62 bits per heavy atom. The van der Waals surface area contributed by atoms with Gasteiger partial charge < -0.3 is 15.0 Å². The molecule has 0 aromatic heterocycles. The van der Waals surface area contributed by atoms with Crippen LogP contribution in [0, 0.1) is 0 Å². The Kier molecular flexibility index (Phi) is 8.40. The number of methoxy groups -OCH3 is 1. The summed E-state index contributed by atoms with van der Waals surface area (Å²) in [5, 5.41) is 3.37. The highest BCUT2D eigenvalue weighted by atomic mass is 16.5. The van der Waals surface area contributed by atoms with Crippen molar-refractivity contribution in [1.82, 2.24) is 10.2 Å². The Balaban J connectivity index is 3.24. The van der Waals surface area contributed by atoms with E-state index >= 15 is 0 Å². The SMILES string of the molecule is CCCNCCN(C)CC(C)OC. The fourth-order valence-electron chi connectivity index (χ4n) is 1.18. The zero-order valence-corrected chi connectivity index (χ0v) is 9.47. The first kappa shape index (κ1) is 12.9. The van der Waals surface area contributed by atoms with Crippen molar-refractivity contribution >= 4 is 0 Å². The summed E-state index contributed by atoms with van der Waals surface area (Å²) in [5.74, 6) is 0. The monoisotopic (exact) mass is 188 g/mol. The Morgan fingerprint density at radius 2 is 2.08 bits per heavy atom. The van der Waals surface area contributed by atoms with Crippen molar-refractivity contribution in [1.29, 1.82) is 0 Å². The molecule has 0 aliphatic heterocycles. The summed E-state index contributed by atoms with van der Waals surface area (Å²) < 4.78 is 5.19. The fourth-order valence-corrected chi connectivity index (χ4v) is 1.18. The summed E-state index contributed by atoms with van der Waals surface area (Å²) in [6.45, 7) is 8.56. The topological polar surface area (TPSA) is 24.5 Å². The standard InChI is InChI=1S/C10H24N2O/c1-5-6-11-7-8-12(3)9-10(2)13-4/h10-11H,5-9H2,1-4H3. The van der Waals surface area contributed by atoms with E-state index in [2.05, 4.69) is 31.1 Å². The molecule has 0 saturated heterocycles. The number of likely N-dealkylation sites (N-methyl/N-ethyl adjacent to an activating group) is 1. The third-order valence-electron chi connectivity index (χ3n) is 2.07. The van der Waals surface area contributed by atoms with Crippen molar-refractivity contribution in [3.05, 3.63) is 0 Å². The average Bonchev–Trinajstić information content (AvgIpc) is 2.12. The molecule has 0 rings (SSSR count). The van der Waals surface area contributed by atoms with Gasteiger partial charge in [-0.25, -0.2) is 0 Å². The van der Waals surface area contributed by atoms with Crippen molar-refractivity contribution in [2.75, 3.05) is 40.3 Å². The van der Waals surface area contributed by atoms with Crippen molar-refractivity contribution in [3.8, 4) is 0 Å². The maximum Gasteiger partial charge on any atom is 0.0670 e. The van der Waals surface area contributed by atoms with Crippen molar-refractivity contribution in [3.63, 3.8) is 0 Å². The van der Waals surface area contributed by atoms with Gasteiger partial charge in [-0.1, -0.05) is 6.92 Å². The van der Waals surface area contributed by atoms with Gasteiger partial charge in [0.25, 0.3) is 0 Å². The molecule has 0 spiro atoms. The summed E-state index contributed by atoms with van der Waals surface area (Å²) in [4.78, 5) is 2.29. The van der Waals surface area contributed by atoms with Gasteiger partial charge in [0.15, 0.2) is 0 Å². The molecule has 0 fully saturated rings. The second-order valence-corrected chi connectivity index (χ2v) is 3.56. The molecule has 1 N–H and O–H groups in total. The van der Waals surface area contributed by atoms with Crippen LogP contribution >= 0.6 is 0 Å². The largest absolute Gasteiger partial charge is 0.380 e. The summed E-state index contributed by atoms with van der Waals surface area (Å²) in [5.41, 5.74) is 0. The van der Waals surface area contributed by atoms with E-state index in [1.807, 2.05) is 0 Å². The number of nitrogens with zero attached hydrogens (tertiary/aromatic N) is 1. The molecule has 1 atom stereocenters. The molecule has 0 aromatic carbocycles. The predicted octanol–water partition coefficient (Wildman–Crippen LogP) is 0.953. The molecule has 0 radical (unpaired) electrons. The lowest BCUT2D eigenvalue weighted by Crippen LogP contribution is -2.34. The van der Waals surface area contributed by atoms with E-state index < -0.39 is 0 Å². The van der Waals surface area contributed by atoms with Crippen molar-refractivity contribution < 1.29 is 4.74 Å². The van der Waals surface area contributed by atoms with Gasteiger partial charge in [0.2, 0.25) is 0 Å². The van der Waals surface area contributed by atoms with E-state index in [1.54, 1.807) is 7.11 Å². The molecular formula is C10H24N2O. The second kappa shape index (κ2) is 8.48. The van der Waals surface area contributed by atoms with Crippen molar-refractivity contribution in [2.24, 2.45) is 0 Å². The summed E-state index contributed by atoms with van der Waals surface area (Å²) >= 11 is 0. The minimum absolute atomic E-state index is 0.330. The first-order valence-electron chi connectivity index (χ1n) is 5.12. The number of nitrogens with one attached hydrogen (secondary N) is 1. The van der Waals surface area contributed by atoms with Gasteiger partial charge >= 0.3 is 0 Å². The van der Waals surface area contributed by atoms with Crippen LogP contribution in [0.2, 0.25) is 0 Å². The van der Waals surface area contributed by atoms with Gasteiger partial charge in [-0.15, -0.1) is 0 Å². The number of rotatable bonds is 8. The van der Waals surface area contributed by atoms with Gasteiger partial charge in [0.1, 0.15) is 0 Å². The Hall–Kier alpha value is -0.120. The smallest absolute Gasteiger partial charge is 0.0670 e. The minimum Gasteiger partial charge on any atom is -0.380 e. The Bertz CT molecular complexity index is 109. The lowest BCUT2D eigenvalue weighted by atomic mass is 10.3. The highest BCUT2D eigenvalue weighted by Crippen LogP contribution is 1.91. The second-order valence-electron chi connectivity index (χ2n) is 3.56. The van der Waals surface area contributed by atoms with Crippen LogP contribution < -0.4 is 5.32 Å². The molecule has 0 bridgehead atoms. The van der Waals surface area contributed by atoms with Crippen LogP contribution in [-0.2, 0) is 4.74 Å². The molecular weight excluding hydrogens is 164 g/mol. The van der Waals surface area contributed by atoms with Crippen molar-refractivity contribution in [2.45, 2.75) is 26.4 Å². The van der Waals surface area contributed by atoms with E-state index in [-0.39, 0.29) is 0 Å². The molecule has 80 valence electrons. The van der Waals surface area contributed by atoms with Gasteiger partial charge in [0.05, 0.1) is 6.10 Å². The average molecular weight is 188 g/mol. The fraction of sp³-hybridized carbons (Fsp3) is 1.00. The van der Waals surface area contributed by atoms with Gasteiger partial charge in [-0.05, 0) is 26.9 Å². The molecule has 3 heteroatoms.